The largest absolute Gasteiger partial charge is 0.452 e. The molecule has 1 heterocycles. The molecule has 1 aliphatic heterocycles. The highest BCUT2D eigenvalue weighted by Gasteiger charge is 2.19. The fraction of sp³-hybridized carbons (Fsp3) is 0.550. The first-order valence-electron chi connectivity index (χ1n) is 9.23. The van der Waals surface area contributed by atoms with E-state index < -0.39 is 5.97 Å². The molecule has 1 amide bonds. The number of nitrogens with zero attached hydrogens (tertiary/aromatic N) is 2. The van der Waals surface area contributed by atoms with Gasteiger partial charge in [-0.3, -0.25) is 9.59 Å². The molecule has 0 aliphatic carbocycles. The Morgan fingerprint density at radius 3 is 2.31 bits per heavy atom. The quantitative estimate of drug-likeness (QED) is 0.576. The second kappa shape index (κ2) is 9.36. The first-order chi connectivity index (χ1) is 12.4. The third-order valence-electron chi connectivity index (χ3n) is 4.62. The molecule has 6 nitrogen and oxygen atoms in total. The summed E-state index contributed by atoms with van der Waals surface area (Å²) in [5, 5.41) is 0. The number of esters is 1. The lowest BCUT2D eigenvalue weighted by Gasteiger charge is -2.20. The molecule has 0 radical (unpaired) electrons. The van der Waals surface area contributed by atoms with Crippen LogP contribution >= 0.6 is 0 Å². The summed E-state index contributed by atoms with van der Waals surface area (Å²) in [7, 11) is 3.69. The zero-order chi connectivity index (χ0) is 19.1. The van der Waals surface area contributed by atoms with Crippen molar-refractivity contribution < 1.29 is 19.1 Å². The lowest BCUT2D eigenvalue weighted by Crippen LogP contribution is -2.35. The average Bonchev–Trinajstić information content (AvgIpc) is 2.94. The first-order valence-corrected chi connectivity index (χ1v) is 9.23. The average molecular weight is 360 g/mol. The maximum absolute atomic E-state index is 12.3. The molecule has 1 aromatic carbocycles. The second-order valence-corrected chi connectivity index (χ2v) is 6.77. The lowest BCUT2D eigenvalue weighted by atomic mass is 10.0. The van der Waals surface area contributed by atoms with E-state index in [1.165, 1.54) is 0 Å². The van der Waals surface area contributed by atoms with Crippen molar-refractivity contribution in [3.63, 3.8) is 0 Å². The van der Waals surface area contributed by atoms with Crippen LogP contribution in [-0.4, -0.2) is 56.4 Å². The Kier molecular flexibility index (Phi) is 7.18. The van der Waals surface area contributed by atoms with Gasteiger partial charge in [-0.15, -0.1) is 0 Å². The Labute approximate surface area is 155 Å². The molecule has 0 spiro atoms. The SMILES string of the molecule is CCC(=O)c1cc(C(=O)OCC(=O)N2CCCCCC2)ccc1N(C)C. The van der Waals surface area contributed by atoms with E-state index >= 15 is 0 Å². The summed E-state index contributed by atoms with van der Waals surface area (Å²) in [6.45, 7) is 2.98. The van der Waals surface area contributed by atoms with E-state index in [4.69, 9.17) is 4.74 Å². The molecule has 1 aliphatic rings. The molecule has 1 saturated heterocycles. The molecule has 0 bridgehead atoms. The Hall–Kier alpha value is -2.37. The van der Waals surface area contributed by atoms with E-state index in [2.05, 4.69) is 0 Å². The van der Waals surface area contributed by atoms with Crippen molar-refractivity contribution in [3.05, 3.63) is 29.3 Å². The third-order valence-corrected chi connectivity index (χ3v) is 4.62. The first kappa shape index (κ1) is 19.9. The minimum absolute atomic E-state index is 0.0380. The van der Waals surface area contributed by atoms with Gasteiger partial charge in [-0.1, -0.05) is 19.8 Å². The van der Waals surface area contributed by atoms with Gasteiger partial charge in [-0.25, -0.2) is 4.79 Å². The summed E-state index contributed by atoms with van der Waals surface area (Å²) in [6, 6.07) is 4.91. The van der Waals surface area contributed by atoms with Crippen LogP contribution in [0.3, 0.4) is 0 Å². The van der Waals surface area contributed by atoms with Crippen LogP contribution in [0.1, 0.15) is 59.7 Å². The molecule has 0 unspecified atom stereocenters. The van der Waals surface area contributed by atoms with Crippen LogP contribution in [-0.2, 0) is 9.53 Å². The molecule has 142 valence electrons. The van der Waals surface area contributed by atoms with Gasteiger partial charge in [0.25, 0.3) is 5.91 Å². The maximum Gasteiger partial charge on any atom is 0.338 e. The standard InChI is InChI=1S/C20H28N2O4/c1-4-18(23)16-13-15(9-10-17(16)21(2)3)20(25)26-14-19(24)22-11-7-5-6-8-12-22/h9-10,13H,4-8,11-12,14H2,1-3H3. The number of benzene rings is 1. The fourth-order valence-electron chi connectivity index (χ4n) is 3.09. The molecule has 0 N–H and O–H groups in total. The molecule has 1 fully saturated rings. The highest BCUT2D eigenvalue weighted by molar-refractivity contribution is 6.03. The van der Waals surface area contributed by atoms with Gasteiger partial charge < -0.3 is 14.5 Å². The van der Waals surface area contributed by atoms with Crippen molar-refractivity contribution in [2.24, 2.45) is 0 Å². The lowest BCUT2D eigenvalue weighted by molar-refractivity contribution is -0.134. The number of carbonyl (C=O) groups is 3. The van der Waals surface area contributed by atoms with Crippen LogP contribution in [0.5, 0.6) is 0 Å². The Balaban J connectivity index is 2.04. The van der Waals surface area contributed by atoms with E-state index in [1.807, 2.05) is 19.0 Å². The number of ketones is 1. The minimum atomic E-state index is -0.580. The van der Waals surface area contributed by atoms with E-state index in [9.17, 15) is 14.4 Å². The molecule has 6 heteroatoms. The maximum atomic E-state index is 12.3. The predicted molar refractivity (Wildman–Crippen MR) is 101 cm³/mol. The predicted octanol–water partition coefficient (Wildman–Crippen LogP) is 2.90. The fourth-order valence-corrected chi connectivity index (χ4v) is 3.09. The zero-order valence-corrected chi connectivity index (χ0v) is 15.9. The molecular weight excluding hydrogens is 332 g/mol. The number of anilines is 1. The highest BCUT2D eigenvalue weighted by atomic mass is 16.5. The molecule has 1 aromatic rings. The van der Waals surface area contributed by atoms with Gasteiger partial charge in [0.15, 0.2) is 12.4 Å². The Bertz CT molecular complexity index is 662. The summed E-state index contributed by atoms with van der Waals surface area (Å²) in [5.41, 5.74) is 1.54. The smallest absolute Gasteiger partial charge is 0.338 e. The van der Waals surface area contributed by atoms with Gasteiger partial charge in [0, 0.05) is 44.9 Å². The monoisotopic (exact) mass is 360 g/mol. The van der Waals surface area contributed by atoms with Crippen LogP contribution in [0, 0.1) is 0 Å². The van der Waals surface area contributed by atoms with Gasteiger partial charge >= 0.3 is 5.97 Å². The normalized spacial score (nSPS) is 14.5. The summed E-state index contributed by atoms with van der Waals surface area (Å²) in [4.78, 5) is 40.3. The number of carbonyl (C=O) groups excluding carboxylic acids is 3. The summed E-state index contributed by atoms with van der Waals surface area (Å²) >= 11 is 0. The number of hydrogen-bond acceptors (Lipinski definition) is 5. The van der Waals surface area contributed by atoms with Crippen LogP contribution in [0.4, 0.5) is 5.69 Å². The summed E-state index contributed by atoms with van der Waals surface area (Å²) in [5.74, 6) is -0.775. The molecule has 0 saturated carbocycles. The van der Waals surface area contributed by atoms with Gasteiger partial charge in [-0.05, 0) is 31.0 Å². The van der Waals surface area contributed by atoms with E-state index in [-0.39, 0.29) is 23.9 Å². The van der Waals surface area contributed by atoms with Crippen molar-refractivity contribution in [2.45, 2.75) is 39.0 Å². The van der Waals surface area contributed by atoms with Crippen molar-refractivity contribution >= 4 is 23.3 Å². The number of ether oxygens (including phenoxy) is 1. The number of Topliss-reactive ketones (excluding diaryl/α,β-unsaturated/α-hetero) is 1. The van der Waals surface area contributed by atoms with E-state index in [1.54, 1.807) is 30.0 Å². The van der Waals surface area contributed by atoms with Crippen LogP contribution in [0.25, 0.3) is 0 Å². The minimum Gasteiger partial charge on any atom is -0.452 e. The molecule has 2 rings (SSSR count). The second-order valence-electron chi connectivity index (χ2n) is 6.77. The number of amides is 1. The van der Waals surface area contributed by atoms with Gasteiger partial charge in [0.1, 0.15) is 0 Å². The molecule has 26 heavy (non-hydrogen) atoms. The van der Waals surface area contributed by atoms with E-state index in [0.717, 1.165) is 44.5 Å². The van der Waals surface area contributed by atoms with Crippen LogP contribution in [0.2, 0.25) is 0 Å². The van der Waals surface area contributed by atoms with Crippen molar-refractivity contribution in [2.75, 3.05) is 38.7 Å². The van der Waals surface area contributed by atoms with Gasteiger partial charge in [0.05, 0.1) is 5.56 Å². The molecular formula is C20H28N2O4. The van der Waals surface area contributed by atoms with Gasteiger partial charge in [-0.2, -0.15) is 0 Å². The number of hydrogen-bond donors (Lipinski definition) is 0. The summed E-state index contributed by atoms with van der Waals surface area (Å²) < 4.78 is 5.20. The molecule has 0 atom stereocenters. The zero-order valence-electron chi connectivity index (χ0n) is 15.9. The van der Waals surface area contributed by atoms with Crippen molar-refractivity contribution in [1.82, 2.24) is 4.90 Å². The van der Waals surface area contributed by atoms with Crippen LogP contribution < -0.4 is 4.90 Å². The van der Waals surface area contributed by atoms with Crippen molar-refractivity contribution in [1.29, 1.82) is 0 Å². The van der Waals surface area contributed by atoms with E-state index in [0.29, 0.717) is 12.0 Å². The van der Waals surface area contributed by atoms with Crippen LogP contribution in [0.15, 0.2) is 18.2 Å². The van der Waals surface area contributed by atoms with Crippen molar-refractivity contribution in [3.8, 4) is 0 Å². The number of rotatable bonds is 6. The third kappa shape index (κ3) is 5.07. The Morgan fingerprint density at radius 2 is 1.73 bits per heavy atom. The Morgan fingerprint density at radius 1 is 1.08 bits per heavy atom. The topological polar surface area (TPSA) is 66.9 Å². The summed E-state index contributed by atoms with van der Waals surface area (Å²) in [6.07, 6.45) is 4.61. The highest BCUT2D eigenvalue weighted by Crippen LogP contribution is 2.22. The van der Waals surface area contributed by atoms with Gasteiger partial charge in [0.2, 0.25) is 0 Å². The molecule has 0 aromatic heterocycles. The number of likely N-dealkylation sites (tertiary alicyclic amines) is 1.